The Morgan fingerprint density at radius 1 is 1.00 bits per heavy atom. The third kappa shape index (κ3) is 5.95. The number of rotatable bonds is 5. The highest BCUT2D eigenvalue weighted by Crippen LogP contribution is 2.24. The number of carbonyl (C=O) groups is 1. The Morgan fingerprint density at radius 3 is 2.39 bits per heavy atom. The van der Waals surface area contributed by atoms with Gasteiger partial charge in [0.25, 0.3) is 0 Å². The zero-order chi connectivity index (χ0) is 23.4. The number of piperazine rings is 1. The maximum Gasteiger partial charge on any atom is 0.317 e. The lowest BCUT2D eigenvalue weighted by molar-refractivity contribution is 0.135. The summed E-state index contributed by atoms with van der Waals surface area (Å²) in [7, 11) is 0. The van der Waals surface area contributed by atoms with Gasteiger partial charge in [0.15, 0.2) is 0 Å². The summed E-state index contributed by atoms with van der Waals surface area (Å²) in [5, 5.41) is 8.57. The van der Waals surface area contributed by atoms with E-state index in [1.165, 1.54) is 5.56 Å². The van der Waals surface area contributed by atoms with Crippen LogP contribution in [0.2, 0.25) is 5.02 Å². The van der Waals surface area contributed by atoms with E-state index in [2.05, 4.69) is 61.3 Å². The first kappa shape index (κ1) is 23.3. The molecule has 1 aliphatic rings. The van der Waals surface area contributed by atoms with Gasteiger partial charge < -0.3 is 10.2 Å². The van der Waals surface area contributed by atoms with Gasteiger partial charge >= 0.3 is 6.03 Å². The van der Waals surface area contributed by atoms with Crippen LogP contribution < -0.4 is 5.32 Å². The monoisotopic (exact) mass is 465 g/mol. The molecule has 1 aromatic heterocycles. The second-order valence-electron chi connectivity index (χ2n) is 9.57. The first-order valence-corrected chi connectivity index (χ1v) is 11.8. The lowest BCUT2D eigenvalue weighted by atomic mass is 9.92. The van der Waals surface area contributed by atoms with Crippen LogP contribution in [0.5, 0.6) is 0 Å². The number of benzene rings is 2. The number of carbonyl (C=O) groups excluding carboxylic acids is 1. The van der Waals surface area contributed by atoms with Crippen molar-refractivity contribution in [2.24, 2.45) is 0 Å². The lowest BCUT2D eigenvalue weighted by Crippen LogP contribution is -2.51. The van der Waals surface area contributed by atoms with Crippen LogP contribution in [-0.2, 0) is 18.5 Å². The summed E-state index contributed by atoms with van der Waals surface area (Å²) in [6.07, 6.45) is 0. The van der Waals surface area contributed by atoms with Crippen molar-refractivity contribution in [3.8, 4) is 5.69 Å². The van der Waals surface area contributed by atoms with Gasteiger partial charge in [-0.05, 0) is 29.8 Å². The maximum atomic E-state index is 12.9. The van der Waals surface area contributed by atoms with E-state index in [9.17, 15) is 4.79 Å². The molecule has 3 aromatic rings. The number of amides is 2. The van der Waals surface area contributed by atoms with Crippen LogP contribution in [0.15, 0.2) is 60.7 Å². The van der Waals surface area contributed by atoms with E-state index in [0.29, 0.717) is 11.6 Å². The van der Waals surface area contributed by atoms with E-state index in [4.69, 9.17) is 16.7 Å². The van der Waals surface area contributed by atoms with Gasteiger partial charge in [0.1, 0.15) is 0 Å². The SMILES string of the molecule is CC(C)(C)c1cc(CNC(=O)N2CCN(Cc3ccccc3)CC2)n(-c2cccc(Cl)c2)n1. The van der Waals surface area contributed by atoms with Gasteiger partial charge in [0.05, 0.1) is 23.6 Å². The minimum atomic E-state index is -0.0995. The number of urea groups is 1. The van der Waals surface area contributed by atoms with Gasteiger partial charge in [-0.25, -0.2) is 9.48 Å². The molecule has 1 aliphatic heterocycles. The highest BCUT2D eigenvalue weighted by molar-refractivity contribution is 6.30. The van der Waals surface area contributed by atoms with Crippen LogP contribution in [0.4, 0.5) is 4.79 Å². The van der Waals surface area contributed by atoms with E-state index in [1.807, 2.05) is 39.9 Å². The fraction of sp³-hybridized carbons (Fsp3) is 0.385. The number of hydrogen-bond acceptors (Lipinski definition) is 3. The van der Waals surface area contributed by atoms with Crippen LogP contribution in [-0.4, -0.2) is 51.8 Å². The maximum absolute atomic E-state index is 12.9. The number of hydrogen-bond donors (Lipinski definition) is 1. The van der Waals surface area contributed by atoms with E-state index < -0.39 is 0 Å². The minimum absolute atomic E-state index is 0.0366. The molecule has 7 heteroatoms. The normalized spacial score (nSPS) is 15.0. The van der Waals surface area contributed by atoms with E-state index >= 15 is 0 Å². The van der Waals surface area contributed by atoms with Crippen molar-refractivity contribution >= 4 is 17.6 Å². The average Bonchev–Trinajstić information content (AvgIpc) is 3.24. The summed E-state index contributed by atoms with van der Waals surface area (Å²) in [6.45, 7) is 10.9. The second-order valence-corrected chi connectivity index (χ2v) is 10.0. The highest BCUT2D eigenvalue weighted by Gasteiger charge is 2.23. The summed E-state index contributed by atoms with van der Waals surface area (Å²) in [5.74, 6) is 0. The molecule has 174 valence electrons. The predicted octanol–water partition coefficient (Wildman–Crippen LogP) is 4.85. The third-order valence-corrected chi connectivity index (χ3v) is 6.17. The zero-order valence-electron chi connectivity index (χ0n) is 19.6. The first-order chi connectivity index (χ1) is 15.8. The topological polar surface area (TPSA) is 53.4 Å². The summed E-state index contributed by atoms with van der Waals surface area (Å²) in [4.78, 5) is 17.2. The molecule has 0 spiro atoms. The Kier molecular flexibility index (Phi) is 7.05. The zero-order valence-corrected chi connectivity index (χ0v) is 20.3. The van der Waals surface area contributed by atoms with Crippen molar-refractivity contribution in [1.29, 1.82) is 0 Å². The van der Waals surface area contributed by atoms with Gasteiger partial charge in [0.2, 0.25) is 0 Å². The van der Waals surface area contributed by atoms with Crippen molar-refractivity contribution in [3.63, 3.8) is 0 Å². The molecule has 1 fully saturated rings. The fourth-order valence-corrected chi connectivity index (χ4v) is 4.16. The van der Waals surface area contributed by atoms with Crippen molar-refractivity contribution in [1.82, 2.24) is 24.9 Å². The molecule has 6 nitrogen and oxygen atoms in total. The van der Waals surface area contributed by atoms with Crippen LogP contribution >= 0.6 is 11.6 Å². The number of nitrogens with zero attached hydrogens (tertiary/aromatic N) is 4. The standard InChI is InChI=1S/C26H32ClN5O/c1-26(2,3)24-17-23(32(29-24)22-11-7-10-21(27)16-22)18-28-25(33)31-14-12-30(13-15-31)19-20-8-5-4-6-9-20/h4-11,16-17H,12-15,18-19H2,1-3H3,(H,28,33). The van der Waals surface area contributed by atoms with Gasteiger partial charge in [0, 0.05) is 43.2 Å². The molecule has 2 aromatic carbocycles. The van der Waals surface area contributed by atoms with Crippen LogP contribution in [0.25, 0.3) is 5.69 Å². The Balaban J connectivity index is 1.38. The van der Waals surface area contributed by atoms with E-state index in [-0.39, 0.29) is 11.4 Å². The van der Waals surface area contributed by atoms with Gasteiger partial charge in [-0.2, -0.15) is 5.10 Å². The molecule has 2 heterocycles. The lowest BCUT2D eigenvalue weighted by Gasteiger charge is -2.34. The highest BCUT2D eigenvalue weighted by atomic mass is 35.5. The quantitative estimate of drug-likeness (QED) is 0.586. The summed E-state index contributed by atoms with van der Waals surface area (Å²) in [5.41, 5.74) is 3.99. The smallest absolute Gasteiger partial charge is 0.317 e. The minimum Gasteiger partial charge on any atom is -0.332 e. The van der Waals surface area contributed by atoms with Crippen molar-refractivity contribution in [2.75, 3.05) is 26.2 Å². The van der Waals surface area contributed by atoms with E-state index in [1.54, 1.807) is 0 Å². The van der Waals surface area contributed by atoms with Gasteiger partial charge in [-0.3, -0.25) is 4.90 Å². The largest absolute Gasteiger partial charge is 0.332 e. The molecular formula is C26H32ClN5O. The molecular weight excluding hydrogens is 434 g/mol. The van der Waals surface area contributed by atoms with Crippen LogP contribution in [0, 0.1) is 0 Å². The molecule has 0 saturated carbocycles. The first-order valence-electron chi connectivity index (χ1n) is 11.4. The number of halogens is 1. The molecule has 2 amide bonds. The van der Waals surface area contributed by atoms with Gasteiger partial charge in [-0.1, -0.05) is 68.8 Å². The molecule has 1 saturated heterocycles. The molecule has 0 bridgehead atoms. The Hall–Kier alpha value is -2.83. The van der Waals surface area contributed by atoms with Crippen LogP contribution in [0.3, 0.4) is 0 Å². The predicted molar refractivity (Wildman–Crippen MR) is 133 cm³/mol. The molecule has 1 N–H and O–H groups in total. The average molecular weight is 466 g/mol. The Morgan fingerprint density at radius 2 is 1.73 bits per heavy atom. The fourth-order valence-electron chi connectivity index (χ4n) is 3.97. The number of aromatic nitrogens is 2. The van der Waals surface area contributed by atoms with Gasteiger partial charge in [-0.15, -0.1) is 0 Å². The Labute approximate surface area is 201 Å². The molecule has 4 rings (SSSR count). The van der Waals surface area contributed by atoms with Crippen molar-refractivity contribution in [3.05, 3.63) is 82.6 Å². The van der Waals surface area contributed by atoms with Crippen molar-refractivity contribution < 1.29 is 4.79 Å². The van der Waals surface area contributed by atoms with E-state index in [0.717, 1.165) is 49.8 Å². The molecule has 0 atom stereocenters. The second kappa shape index (κ2) is 9.98. The summed E-state index contributed by atoms with van der Waals surface area (Å²) < 4.78 is 1.88. The third-order valence-electron chi connectivity index (χ3n) is 5.93. The summed E-state index contributed by atoms with van der Waals surface area (Å²) >= 11 is 6.21. The molecule has 0 radical (unpaired) electrons. The van der Waals surface area contributed by atoms with Crippen LogP contribution in [0.1, 0.15) is 37.7 Å². The summed E-state index contributed by atoms with van der Waals surface area (Å²) in [6, 6.07) is 20.1. The van der Waals surface area contributed by atoms with Crippen molar-refractivity contribution in [2.45, 2.75) is 39.3 Å². The molecule has 0 aliphatic carbocycles. The molecule has 33 heavy (non-hydrogen) atoms. The number of nitrogens with one attached hydrogen (secondary N) is 1. The Bertz CT molecular complexity index is 1080. The molecule has 0 unspecified atom stereocenters.